The first-order valence-electron chi connectivity index (χ1n) is 10.7. The van der Waals surface area contributed by atoms with E-state index in [2.05, 4.69) is 15.5 Å². The third-order valence-corrected chi connectivity index (χ3v) is 6.06. The quantitative estimate of drug-likeness (QED) is 0.365. The smallest absolute Gasteiger partial charge is 0.258 e. The number of allylic oxidation sites excluding steroid dienone is 1. The molecule has 3 aromatic carbocycles. The van der Waals surface area contributed by atoms with Crippen LogP contribution in [0.15, 0.2) is 89.1 Å². The number of hydrogen-bond acceptors (Lipinski definition) is 4. The Morgan fingerprint density at radius 2 is 1.74 bits per heavy atom. The zero-order chi connectivity index (χ0) is 23.7. The van der Waals surface area contributed by atoms with Gasteiger partial charge in [0.05, 0.1) is 11.6 Å². The molecule has 34 heavy (non-hydrogen) atoms. The minimum Gasteiger partial charge on any atom is -0.351 e. The highest BCUT2D eigenvalue weighted by Gasteiger charge is 2.34. The van der Waals surface area contributed by atoms with E-state index >= 15 is 0 Å². The highest BCUT2D eigenvalue weighted by atomic mass is 32.1. The van der Waals surface area contributed by atoms with Crippen LogP contribution >= 0.6 is 12.2 Å². The summed E-state index contributed by atoms with van der Waals surface area (Å²) in [7, 11) is 0. The fraction of sp³-hybridized carbons (Fsp3) is 0.115. The van der Waals surface area contributed by atoms with Gasteiger partial charge in [0.15, 0.2) is 5.11 Å². The molecule has 0 fully saturated rings. The van der Waals surface area contributed by atoms with Crippen LogP contribution in [-0.2, 0) is 6.54 Å². The van der Waals surface area contributed by atoms with E-state index in [0.717, 1.165) is 22.4 Å². The van der Waals surface area contributed by atoms with Crippen molar-refractivity contribution in [2.75, 3.05) is 0 Å². The number of benzene rings is 3. The molecule has 170 valence electrons. The van der Waals surface area contributed by atoms with Gasteiger partial charge in [0.1, 0.15) is 11.6 Å². The van der Waals surface area contributed by atoms with Crippen LogP contribution in [0.1, 0.15) is 30.0 Å². The molecule has 1 atom stereocenters. The largest absolute Gasteiger partial charge is 0.351 e. The van der Waals surface area contributed by atoms with Gasteiger partial charge in [0.25, 0.3) is 5.89 Å². The Hall–Kier alpha value is -3.91. The normalized spacial score (nSPS) is 16.0. The number of hydrogen-bond donors (Lipinski definition) is 1. The second kappa shape index (κ2) is 9.15. The van der Waals surface area contributed by atoms with E-state index in [1.165, 1.54) is 24.3 Å². The summed E-state index contributed by atoms with van der Waals surface area (Å²) < 4.78 is 32.8. The molecule has 0 amide bonds. The predicted octanol–water partition coefficient (Wildman–Crippen LogP) is 5.88. The zero-order valence-electron chi connectivity index (χ0n) is 18.2. The van der Waals surface area contributed by atoms with Gasteiger partial charge in [-0.15, -0.1) is 0 Å². The molecule has 1 unspecified atom stereocenters. The molecular formula is C26H20F2N4OS. The van der Waals surface area contributed by atoms with Crippen molar-refractivity contribution in [3.63, 3.8) is 0 Å². The molecule has 2 heterocycles. The van der Waals surface area contributed by atoms with Crippen molar-refractivity contribution in [3.8, 4) is 11.4 Å². The lowest BCUT2D eigenvalue weighted by atomic mass is 9.94. The van der Waals surface area contributed by atoms with E-state index in [1.807, 2.05) is 42.2 Å². The van der Waals surface area contributed by atoms with Gasteiger partial charge in [0, 0.05) is 17.8 Å². The Labute approximate surface area is 200 Å². The molecular weight excluding hydrogens is 454 g/mol. The van der Waals surface area contributed by atoms with E-state index < -0.39 is 0 Å². The first-order chi connectivity index (χ1) is 16.5. The number of thiocarbonyl (C=S) groups is 1. The van der Waals surface area contributed by atoms with Crippen LogP contribution in [0.4, 0.5) is 8.78 Å². The molecule has 0 saturated heterocycles. The van der Waals surface area contributed by atoms with E-state index in [0.29, 0.717) is 28.9 Å². The summed E-state index contributed by atoms with van der Waals surface area (Å²) in [5.41, 5.74) is 3.99. The molecule has 0 aliphatic carbocycles. The molecule has 1 N–H and O–H groups in total. The van der Waals surface area contributed by atoms with Gasteiger partial charge in [-0.2, -0.15) is 4.98 Å². The summed E-state index contributed by atoms with van der Waals surface area (Å²) in [6, 6.07) is 21.8. The number of aromatic nitrogens is 2. The van der Waals surface area contributed by atoms with Crippen molar-refractivity contribution in [2.24, 2.45) is 0 Å². The van der Waals surface area contributed by atoms with Crippen molar-refractivity contribution in [1.82, 2.24) is 20.4 Å². The lowest BCUT2D eigenvalue weighted by Crippen LogP contribution is -2.45. The summed E-state index contributed by atoms with van der Waals surface area (Å²) in [5, 5.41) is 8.02. The van der Waals surface area contributed by atoms with E-state index in [4.69, 9.17) is 16.7 Å². The summed E-state index contributed by atoms with van der Waals surface area (Å²) in [6.07, 6.45) is 0. The molecule has 0 radical (unpaired) electrons. The maximum atomic E-state index is 13.7. The highest BCUT2D eigenvalue weighted by Crippen LogP contribution is 2.37. The van der Waals surface area contributed by atoms with Gasteiger partial charge in [-0.3, -0.25) is 0 Å². The topological polar surface area (TPSA) is 54.2 Å². The Morgan fingerprint density at radius 3 is 2.47 bits per heavy atom. The highest BCUT2D eigenvalue weighted by molar-refractivity contribution is 7.80. The molecule has 5 nitrogen and oxygen atoms in total. The van der Waals surface area contributed by atoms with Crippen LogP contribution in [-0.4, -0.2) is 20.2 Å². The monoisotopic (exact) mass is 474 g/mol. The third kappa shape index (κ3) is 4.32. The van der Waals surface area contributed by atoms with Crippen LogP contribution < -0.4 is 5.32 Å². The summed E-state index contributed by atoms with van der Waals surface area (Å²) in [4.78, 5) is 6.51. The number of rotatable bonds is 5. The zero-order valence-corrected chi connectivity index (χ0v) is 19.0. The summed E-state index contributed by atoms with van der Waals surface area (Å²) in [5.74, 6) is -0.0722. The van der Waals surface area contributed by atoms with Gasteiger partial charge in [-0.05, 0) is 54.5 Å². The minimum atomic E-state index is -0.378. The molecule has 4 aromatic rings. The van der Waals surface area contributed by atoms with Gasteiger partial charge in [0.2, 0.25) is 5.82 Å². The van der Waals surface area contributed by atoms with Crippen LogP contribution in [0.3, 0.4) is 0 Å². The lowest BCUT2D eigenvalue weighted by Gasteiger charge is -2.37. The third-order valence-electron chi connectivity index (χ3n) is 5.72. The van der Waals surface area contributed by atoms with Gasteiger partial charge in [-0.1, -0.05) is 59.8 Å². The SMILES string of the molecule is CC1=C(c2nc(-c3cccc(F)c3)no2)C(c2ccccc2)NC(=S)N1Cc1ccc(F)cc1. The molecule has 8 heteroatoms. The van der Waals surface area contributed by atoms with Crippen LogP contribution in [0.2, 0.25) is 0 Å². The van der Waals surface area contributed by atoms with Crippen molar-refractivity contribution in [1.29, 1.82) is 0 Å². The van der Waals surface area contributed by atoms with Crippen LogP contribution in [0.25, 0.3) is 17.0 Å². The Balaban J connectivity index is 1.59. The molecule has 1 aliphatic heterocycles. The first-order valence-corrected chi connectivity index (χ1v) is 11.1. The van der Waals surface area contributed by atoms with Crippen LogP contribution in [0.5, 0.6) is 0 Å². The van der Waals surface area contributed by atoms with Crippen LogP contribution in [0, 0.1) is 11.6 Å². The minimum absolute atomic E-state index is 0.292. The molecule has 0 bridgehead atoms. The second-order valence-electron chi connectivity index (χ2n) is 7.94. The van der Waals surface area contributed by atoms with Crippen molar-refractivity contribution >= 4 is 22.9 Å². The van der Waals surface area contributed by atoms with Gasteiger partial charge < -0.3 is 14.7 Å². The predicted molar refractivity (Wildman–Crippen MR) is 129 cm³/mol. The average Bonchev–Trinajstić information content (AvgIpc) is 3.33. The van der Waals surface area contributed by atoms with E-state index in [1.54, 1.807) is 24.3 Å². The van der Waals surface area contributed by atoms with E-state index in [9.17, 15) is 8.78 Å². The number of nitrogens with zero attached hydrogens (tertiary/aromatic N) is 3. The molecule has 1 aliphatic rings. The Kier molecular flexibility index (Phi) is 5.90. The molecule has 1 aromatic heterocycles. The number of halogens is 2. The number of nitrogens with one attached hydrogen (secondary N) is 1. The summed E-state index contributed by atoms with van der Waals surface area (Å²) in [6.45, 7) is 2.38. The molecule has 5 rings (SSSR count). The van der Waals surface area contributed by atoms with E-state index in [-0.39, 0.29) is 17.7 Å². The lowest BCUT2D eigenvalue weighted by molar-refractivity contribution is 0.396. The fourth-order valence-electron chi connectivity index (χ4n) is 3.99. The van der Waals surface area contributed by atoms with Crippen molar-refractivity contribution < 1.29 is 13.3 Å². The van der Waals surface area contributed by atoms with Gasteiger partial charge in [-0.25, -0.2) is 8.78 Å². The maximum Gasteiger partial charge on any atom is 0.258 e. The van der Waals surface area contributed by atoms with Crippen molar-refractivity contribution in [2.45, 2.75) is 19.5 Å². The van der Waals surface area contributed by atoms with Gasteiger partial charge >= 0.3 is 0 Å². The fourth-order valence-corrected chi connectivity index (χ4v) is 4.31. The average molecular weight is 475 g/mol. The Morgan fingerprint density at radius 1 is 0.971 bits per heavy atom. The first kappa shape index (κ1) is 21.9. The standard InChI is InChI=1S/C26H20F2N4OS/c1-16-22(25-30-24(31-33-25)19-8-5-9-21(28)14-19)23(18-6-3-2-4-7-18)29-26(34)32(16)15-17-10-12-20(27)13-11-17/h2-14,23H,15H2,1H3,(H,29,34). The molecule has 0 spiro atoms. The Bertz CT molecular complexity index is 1370. The summed E-state index contributed by atoms with van der Waals surface area (Å²) >= 11 is 5.70. The molecule has 0 saturated carbocycles. The second-order valence-corrected chi connectivity index (χ2v) is 8.33. The van der Waals surface area contributed by atoms with Crippen molar-refractivity contribution in [3.05, 3.63) is 113 Å². The maximum absolute atomic E-state index is 13.7.